The highest BCUT2D eigenvalue weighted by atomic mass is 32.1. The molecule has 3 rings (SSSR count). The summed E-state index contributed by atoms with van der Waals surface area (Å²) in [5, 5.41) is 14.3. The van der Waals surface area contributed by atoms with Crippen molar-refractivity contribution in [2.45, 2.75) is 18.8 Å². The molecule has 0 aliphatic heterocycles. The summed E-state index contributed by atoms with van der Waals surface area (Å²) in [5.41, 5.74) is 0.871. The third-order valence-electron chi connectivity index (χ3n) is 2.99. The molecule has 1 aromatic carbocycles. The Morgan fingerprint density at radius 3 is 2.95 bits per heavy atom. The molecule has 0 saturated heterocycles. The first-order chi connectivity index (χ1) is 9.15. The van der Waals surface area contributed by atoms with Gasteiger partial charge >= 0.3 is 5.97 Å². The van der Waals surface area contributed by atoms with Gasteiger partial charge in [-0.1, -0.05) is 6.07 Å². The monoisotopic (exact) mass is 278 g/mol. The van der Waals surface area contributed by atoms with Gasteiger partial charge in [0.25, 0.3) is 0 Å². The summed E-state index contributed by atoms with van der Waals surface area (Å²) in [7, 11) is 0. The third kappa shape index (κ3) is 2.44. The van der Waals surface area contributed by atoms with E-state index < -0.39 is 11.8 Å². The Labute approximate surface area is 112 Å². The van der Waals surface area contributed by atoms with Crippen LogP contribution in [0.4, 0.5) is 15.2 Å². The van der Waals surface area contributed by atoms with E-state index in [0.29, 0.717) is 11.0 Å². The highest BCUT2D eigenvalue weighted by Gasteiger charge is 2.26. The fourth-order valence-corrected chi connectivity index (χ4v) is 2.64. The van der Waals surface area contributed by atoms with Gasteiger partial charge in [0.05, 0.1) is 16.9 Å². The number of benzene rings is 1. The second kappa shape index (κ2) is 4.62. The van der Waals surface area contributed by atoms with Gasteiger partial charge in [0.1, 0.15) is 5.82 Å². The van der Waals surface area contributed by atoms with Crippen LogP contribution in [0.1, 0.15) is 34.8 Å². The number of aromatic nitrogens is 1. The van der Waals surface area contributed by atoms with Gasteiger partial charge in [0.2, 0.25) is 0 Å². The fourth-order valence-electron chi connectivity index (χ4n) is 1.85. The van der Waals surface area contributed by atoms with Gasteiger partial charge in [0, 0.05) is 11.3 Å². The number of anilines is 2. The molecule has 98 valence electrons. The number of halogens is 1. The summed E-state index contributed by atoms with van der Waals surface area (Å²) >= 11 is 1.36. The summed E-state index contributed by atoms with van der Waals surface area (Å²) in [6.07, 6.45) is 2.28. The number of rotatable bonds is 4. The van der Waals surface area contributed by atoms with Crippen LogP contribution in [0.25, 0.3) is 0 Å². The second-order valence-corrected chi connectivity index (χ2v) is 5.30. The molecule has 1 fully saturated rings. The van der Waals surface area contributed by atoms with Gasteiger partial charge < -0.3 is 10.4 Å². The fraction of sp³-hybridized carbons (Fsp3) is 0.231. The highest BCUT2D eigenvalue weighted by molar-refractivity contribution is 7.13. The van der Waals surface area contributed by atoms with Crippen molar-refractivity contribution in [2.24, 2.45) is 0 Å². The molecular formula is C13H11FN2O2S. The Balaban J connectivity index is 1.90. The van der Waals surface area contributed by atoms with Crippen LogP contribution in [-0.4, -0.2) is 16.1 Å². The molecule has 2 aromatic rings. The molecule has 1 aromatic heterocycles. The highest BCUT2D eigenvalue weighted by Crippen LogP contribution is 2.41. The lowest BCUT2D eigenvalue weighted by molar-refractivity contribution is 0.0697. The van der Waals surface area contributed by atoms with Crippen molar-refractivity contribution < 1.29 is 14.3 Å². The van der Waals surface area contributed by atoms with Gasteiger partial charge in [-0.05, 0) is 25.0 Å². The van der Waals surface area contributed by atoms with Crippen LogP contribution in [0.3, 0.4) is 0 Å². The minimum absolute atomic E-state index is 0.0355. The number of carboxylic acids is 1. The number of para-hydroxylation sites is 1. The maximum Gasteiger partial charge on any atom is 0.337 e. The van der Waals surface area contributed by atoms with E-state index >= 15 is 0 Å². The van der Waals surface area contributed by atoms with E-state index in [9.17, 15) is 9.18 Å². The zero-order valence-corrected chi connectivity index (χ0v) is 10.7. The molecule has 1 aliphatic carbocycles. The number of nitrogens with zero attached hydrogens (tertiary/aromatic N) is 1. The number of hydrogen-bond acceptors (Lipinski definition) is 4. The maximum atomic E-state index is 13.7. The molecule has 0 spiro atoms. The molecule has 6 heteroatoms. The number of thiazole rings is 1. The van der Waals surface area contributed by atoms with E-state index in [-0.39, 0.29) is 11.3 Å². The molecule has 1 saturated carbocycles. The molecule has 1 heterocycles. The SMILES string of the molecule is O=C(O)c1cccc(F)c1Nc1nc(C2CC2)cs1. The lowest BCUT2D eigenvalue weighted by Crippen LogP contribution is -2.04. The van der Waals surface area contributed by atoms with Crippen LogP contribution < -0.4 is 5.32 Å². The summed E-state index contributed by atoms with van der Waals surface area (Å²) in [5.74, 6) is -1.24. The lowest BCUT2D eigenvalue weighted by Gasteiger charge is -2.07. The quantitative estimate of drug-likeness (QED) is 0.897. The van der Waals surface area contributed by atoms with E-state index in [1.165, 1.54) is 29.5 Å². The number of carboxylic acid groups (broad SMARTS) is 1. The van der Waals surface area contributed by atoms with Crippen molar-refractivity contribution in [3.05, 3.63) is 40.7 Å². The van der Waals surface area contributed by atoms with Crippen molar-refractivity contribution in [3.8, 4) is 0 Å². The van der Waals surface area contributed by atoms with E-state index in [1.807, 2.05) is 5.38 Å². The van der Waals surface area contributed by atoms with E-state index in [2.05, 4.69) is 10.3 Å². The molecule has 2 N–H and O–H groups in total. The minimum atomic E-state index is -1.17. The maximum absolute atomic E-state index is 13.7. The van der Waals surface area contributed by atoms with Crippen LogP contribution in [0, 0.1) is 5.82 Å². The van der Waals surface area contributed by atoms with Crippen LogP contribution in [0.5, 0.6) is 0 Å². The minimum Gasteiger partial charge on any atom is -0.478 e. The standard InChI is InChI=1S/C13H11FN2O2S/c14-9-3-1-2-8(12(17)18)11(9)16-13-15-10(6-19-13)7-4-5-7/h1-3,6-7H,4-5H2,(H,15,16)(H,17,18). The zero-order valence-electron chi connectivity index (χ0n) is 9.89. The first-order valence-corrected chi connectivity index (χ1v) is 6.77. The zero-order chi connectivity index (χ0) is 13.4. The Morgan fingerprint density at radius 2 is 2.26 bits per heavy atom. The number of aromatic carboxylic acids is 1. The normalized spacial score (nSPS) is 14.4. The van der Waals surface area contributed by atoms with Crippen LogP contribution in [0.2, 0.25) is 0 Å². The summed E-state index contributed by atoms with van der Waals surface area (Å²) in [4.78, 5) is 15.4. The predicted octanol–water partition coefficient (Wildman–Crippen LogP) is 3.60. The van der Waals surface area contributed by atoms with Gasteiger partial charge in [-0.3, -0.25) is 0 Å². The smallest absolute Gasteiger partial charge is 0.337 e. The van der Waals surface area contributed by atoms with Crippen LogP contribution in [-0.2, 0) is 0 Å². The first-order valence-electron chi connectivity index (χ1n) is 5.89. The number of hydrogen-bond donors (Lipinski definition) is 2. The van der Waals surface area contributed by atoms with E-state index in [4.69, 9.17) is 5.11 Å². The molecule has 1 aliphatic rings. The molecule has 0 radical (unpaired) electrons. The molecule has 4 nitrogen and oxygen atoms in total. The first kappa shape index (κ1) is 12.1. The van der Waals surface area contributed by atoms with Crippen molar-refractivity contribution in [1.29, 1.82) is 0 Å². The Kier molecular flexibility index (Phi) is 2.94. The Bertz CT molecular complexity index is 637. The molecule has 19 heavy (non-hydrogen) atoms. The van der Waals surface area contributed by atoms with Crippen LogP contribution in [0.15, 0.2) is 23.6 Å². The summed E-state index contributed by atoms with van der Waals surface area (Å²) in [6, 6.07) is 3.97. The van der Waals surface area contributed by atoms with Gasteiger partial charge in [0.15, 0.2) is 5.13 Å². The second-order valence-electron chi connectivity index (χ2n) is 4.44. The van der Waals surface area contributed by atoms with Crippen molar-refractivity contribution in [2.75, 3.05) is 5.32 Å². The largest absolute Gasteiger partial charge is 0.478 e. The third-order valence-corrected chi connectivity index (χ3v) is 3.77. The van der Waals surface area contributed by atoms with Crippen molar-refractivity contribution in [3.63, 3.8) is 0 Å². The Hall–Kier alpha value is -1.95. The van der Waals surface area contributed by atoms with E-state index in [0.717, 1.165) is 18.5 Å². The summed E-state index contributed by atoms with van der Waals surface area (Å²) < 4.78 is 13.7. The summed E-state index contributed by atoms with van der Waals surface area (Å²) in [6.45, 7) is 0. The van der Waals surface area contributed by atoms with Gasteiger partial charge in [-0.2, -0.15) is 0 Å². The number of nitrogens with one attached hydrogen (secondary N) is 1. The average Bonchev–Trinajstić information content (AvgIpc) is 3.12. The van der Waals surface area contributed by atoms with E-state index in [1.54, 1.807) is 0 Å². The number of carbonyl (C=O) groups is 1. The molecular weight excluding hydrogens is 267 g/mol. The molecule has 0 amide bonds. The topological polar surface area (TPSA) is 62.2 Å². The molecule has 0 unspecified atom stereocenters. The predicted molar refractivity (Wildman–Crippen MR) is 70.7 cm³/mol. The van der Waals surface area contributed by atoms with Gasteiger partial charge in [-0.15, -0.1) is 11.3 Å². The van der Waals surface area contributed by atoms with Crippen molar-refractivity contribution in [1.82, 2.24) is 4.98 Å². The molecule has 0 bridgehead atoms. The average molecular weight is 278 g/mol. The molecule has 0 atom stereocenters. The van der Waals surface area contributed by atoms with Crippen LogP contribution >= 0.6 is 11.3 Å². The van der Waals surface area contributed by atoms with Crippen molar-refractivity contribution >= 4 is 28.1 Å². The van der Waals surface area contributed by atoms with Gasteiger partial charge in [-0.25, -0.2) is 14.2 Å². The Morgan fingerprint density at radius 1 is 1.47 bits per heavy atom. The lowest BCUT2D eigenvalue weighted by atomic mass is 10.1.